The molecule has 0 saturated heterocycles. The average molecular weight is 355 g/mol. The summed E-state index contributed by atoms with van der Waals surface area (Å²) in [5, 5.41) is 6.61. The van der Waals surface area contributed by atoms with E-state index < -0.39 is 0 Å². The van der Waals surface area contributed by atoms with Gasteiger partial charge in [-0.3, -0.25) is 9.48 Å². The third-order valence-corrected chi connectivity index (χ3v) is 4.68. The van der Waals surface area contributed by atoms with Gasteiger partial charge in [-0.1, -0.05) is 48.5 Å². The van der Waals surface area contributed by atoms with E-state index in [4.69, 9.17) is 0 Å². The average Bonchev–Trinajstić information content (AvgIpc) is 3.21. The molecule has 134 valence electrons. The van der Waals surface area contributed by atoms with Crippen molar-refractivity contribution in [3.63, 3.8) is 0 Å². The van der Waals surface area contributed by atoms with Crippen molar-refractivity contribution in [2.75, 3.05) is 7.05 Å². The van der Waals surface area contributed by atoms with E-state index in [0.717, 1.165) is 11.1 Å². The summed E-state index contributed by atoms with van der Waals surface area (Å²) in [7, 11) is 1.84. The highest BCUT2D eigenvalue weighted by Gasteiger charge is 2.12. The summed E-state index contributed by atoms with van der Waals surface area (Å²) in [4.78, 5) is 14.5. The fourth-order valence-electron chi connectivity index (χ4n) is 3.24. The predicted octanol–water partition coefficient (Wildman–Crippen LogP) is 4.36. The third-order valence-electron chi connectivity index (χ3n) is 4.68. The molecule has 0 unspecified atom stereocenters. The summed E-state index contributed by atoms with van der Waals surface area (Å²) in [6.45, 7) is 1.28. The lowest BCUT2D eigenvalue weighted by Gasteiger charge is -2.18. The first kappa shape index (κ1) is 17.0. The highest BCUT2D eigenvalue weighted by atomic mass is 16.2. The number of hydrogen-bond donors (Lipinski definition) is 0. The van der Waals surface area contributed by atoms with Crippen LogP contribution >= 0.6 is 0 Å². The molecule has 4 rings (SSSR count). The monoisotopic (exact) mass is 355 g/mol. The second kappa shape index (κ2) is 7.46. The Labute approximate surface area is 158 Å². The number of carbonyl (C=O) groups excluding carboxylic acids is 1. The minimum absolute atomic E-state index is 0.0220. The van der Waals surface area contributed by atoms with E-state index in [9.17, 15) is 4.79 Å². The van der Waals surface area contributed by atoms with Crippen molar-refractivity contribution >= 4 is 16.7 Å². The molecule has 0 spiro atoms. The van der Waals surface area contributed by atoms with Crippen LogP contribution in [0.3, 0.4) is 0 Å². The molecular formula is C23H21N3O. The zero-order valence-electron chi connectivity index (χ0n) is 15.2. The van der Waals surface area contributed by atoms with Gasteiger partial charge in [0.25, 0.3) is 5.91 Å². The fourth-order valence-corrected chi connectivity index (χ4v) is 3.24. The second-order valence-corrected chi connectivity index (χ2v) is 6.74. The number of amides is 1. The molecule has 0 fully saturated rings. The van der Waals surface area contributed by atoms with Gasteiger partial charge in [0.2, 0.25) is 0 Å². The van der Waals surface area contributed by atoms with E-state index >= 15 is 0 Å². The molecule has 0 bridgehead atoms. The topological polar surface area (TPSA) is 38.1 Å². The standard InChI is InChI=1S/C23H21N3O/c1-25(16-19-9-10-20-5-2-3-6-22(20)15-19)23(27)21-11-7-18(8-12-21)17-26-14-4-13-24-26/h2-15H,16-17H2,1H3. The molecule has 1 aromatic heterocycles. The maximum atomic E-state index is 12.7. The minimum atomic E-state index is 0.0220. The fraction of sp³-hybridized carbons (Fsp3) is 0.130. The molecule has 4 aromatic rings. The van der Waals surface area contributed by atoms with Gasteiger partial charge in [-0.05, 0) is 46.2 Å². The van der Waals surface area contributed by atoms with E-state index in [0.29, 0.717) is 18.7 Å². The highest BCUT2D eigenvalue weighted by molar-refractivity contribution is 5.94. The molecule has 27 heavy (non-hydrogen) atoms. The van der Waals surface area contributed by atoms with Crippen LogP contribution in [0.25, 0.3) is 10.8 Å². The van der Waals surface area contributed by atoms with E-state index in [2.05, 4.69) is 35.4 Å². The van der Waals surface area contributed by atoms with Gasteiger partial charge in [0.15, 0.2) is 0 Å². The van der Waals surface area contributed by atoms with Crippen LogP contribution in [0.2, 0.25) is 0 Å². The van der Waals surface area contributed by atoms with Crippen molar-refractivity contribution in [2.45, 2.75) is 13.1 Å². The molecule has 4 heteroatoms. The number of rotatable bonds is 5. The Hall–Kier alpha value is -3.40. The molecule has 0 atom stereocenters. The van der Waals surface area contributed by atoms with Gasteiger partial charge in [-0.15, -0.1) is 0 Å². The van der Waals surface area contributed by atoms with Gasteiger partial charge in [0.05, 0.1) is 6.54 Å². The van der Waals surface area contributed by atoms with Gasteiger partial charge in [0.1, 0.15) is 0 Å². The summed E-state index contributed by atoms with van der Waals surface area (Å²) >= 11 is 0. The summed E-state index contributed by atoms with van der Waals surface area (Å²) in [5.74, 6) is 0.0220. The zero-order valence-corrected chi connectivity index (χ0v) is 15.2. The molecule has 1 heterocycles. The van der Waals surface area contributed by atoms with Crippen molar-refractivity contribution in [3.05, 3.63) is 102 Å². The summed E-state index contributed by atoms with van der Waals surface area (Å²) in [6, 6.07) is 24.2. The third kappa shape index (κ3) is 3.90. The van der Waals surface area contributed by atoms with Crippen LogP contribution in [0.5, 0.6) is 0 Å². The van der Waals surface area contributed by atoms with Crippen LogP contribution in [0.15, 0.2) is 85.2 Å². The maximum absolute atomic E-state index is 12.7. The Morgan fingerprint density at radius 2 is 1.67 bits per heavy atom. The zero-order chi connectivity index (χ0) is 18.6. The molecular weight excluding hydrogens is 334 g/mol. The van der Waals surface area contributed by atoms with Crippen molar-refractivity contribution in [1.82, 2.24) is 14.7 Å². The molecule has 0 N–H and O–H groups in total. The lowest BCUT2D eigenvalue weighted by Crippen LogP contribution is -2.26. The lowest BCUT2D eigenvalue weighted by molar-refractivity contribution is 0.0785. The van der Waals surface area contributed by atoms with Crippen molar-refractivity contribution < 1.29 is 4.79 Å². The van der Waals surface area contributed by atoms with Crippen LogP contribution in [0, 0.1) is 0 Å². The van der Waals surface area contributed by atoms with Crippen LogP contribution in [0.4, 0.5) is 0 Å². The normalized spacial score (nSPS) is 10.9. The molecule has 4 nitrogen and oxygen atoms in total. The van der Waals surface area contributed by atoms with Crippen LogP contribution in [-0.2, 0) is 13.1 Å². The Morgan fingerprint density at radius 1 is 0.926 bits per heavy atom. The quantitative estimate of drug-likeness (QED) is 0.534. The molecule has 0 saturated carbocycles. The van der Waals surface area contributed by atoms with Crippen molar-refractivity contribution in [1.29, 1.82) is 0 Å². The number of benzene rings is 3. The number of fused-ring (bicyclic) bond motifs is 1. The number of nitrogens with zero attached hydrogens (tertiary/aromatic N) is 3. The first-order valence-corrected chi connectivity index (χ1v) is 8.98. The first-order valence-electron chi connectivity index (χ1n) is 8.98. The van der Waals surface area contributed by atoms with Gasteiger partial charge in [-0.2, -0.15) is 5.10 Å². The largest absolute Gasteiger partial charge is 0.337 e. The van der Waals surface area contributed by atoms with Crippen LogP contribution in [-0.4, -0.2) is 27.6 Å². The van der Waals surface area contributed by atoms with E-state index in [1.54, 1.807) is 11.1 Å². The van der Waals surface area contributed by atoms with Crippen LogP contribution < -0.4 is 0 Å². The van der Waals surface area contributed by atoms with Gasteiger partial charge in [0, 0.05) is 31.5 Å². The van der Waals surface area contributed by atoms with Gasteiger partial charge in [-0.25, -0.2) is 0 Å². The summed E-state index contributed by atoms with van der Waals surface area (Å²) in [6.07, 6.45) is 3.69. The lowest BCUT2D eigenvalue weighted by atomic mass is 10.1. The smallest absolute Gasteiger partial charge is 0.253 e. The molecule has 0 radical (unpaired) electrons. The number of aromatic nitrogens is 2. The molecule has 1 amide bonds. The van der Waals surface area contributed by atoms with E-state index in [-0.39, 0.29) is 5.91 Å². The SMILES string of the molecule is CN(Cc1ccc2ccccc2c1)C(=O)c1ccc(Cn2cccn2)cc1. The maximum Gasteiger partial charge on any atom is 0.253 e. The first-order chi connectivity index (χ1) is 13.2. The molecule has 0 aliphatic heterocycles. The number of carbonyl (C=O) groups is 1. The summed E-state index contributed by atoms with van der Waals surface area (Å²) in [5.41, 5.74) is 2.94. The predicted molar refractivity (Wildman–Crippen MR) is 108 cm³/mol. The second-order valence-electron chi connectivity index (χ2n) is 6.74. The summed E-state index contributed by atoms with van der Waals surface area (Å²) < 4.78 is 1.86. The molecule has 0 aliphatic carbocycles. The van der Waals surface area contributed by atoms with Gasteiger partial charge >= 0.3 is 0 Å². The molecule has 0 aliphatic rings. The minimum Gasteiger partial charge on any atom is -0.337 e. The Balaban J connectivity index is 1.44. The van der Waals surface area contributed by atoms with Crippen molar-refractivity contribution in [2.24, 2.45) is 0 Å². The Morgan fingerprint density at radius 3 is 2.41 bits per heavy atom. The van der Waals surface area contributed by atoms with E-state index in [1.807, 2.05) is 60.4 Å². The number of hydrogen-bond acceptors (Lipinski definition) is 2. The highest BCUT2D eigenvalue weighted by Crippen LogP contribution is 2.17. The Bertz CT molecular complexity index is 1050. The van der Waals surface area contributed by atoms with Crippen LogP contribution in [0.1, 0.15) is 21.5 Å². The molecule has 3 aromatic carbocycles. The van der Waals surface area contributed by atoms with E-state index in [1.165, 1.54) is 10.8 Å². The van der Waals surface area contributed by atoms with Gasteiger partial charge < -0.3 is 4.90 Å². The Kier molecular flexibility index (Phi) is 4.71. The van der Waals surface area contributed by atoms with Crippen molar-refractivity contribution in [3.8, 4) is 0 Å².